The summed E-state index contributed by atoms with van der Waals surface area (Å²) in [5.41, 5.74) is 6.75. The SMILES string of the molecule is CC1CCN(C(=O)CC(CN)c2ccc(Cl)cc2Cl)CC1. The van der Waals surface area contributed by atoms with Crippen molar-refractivity contribution in [2.45, 2.75) is 32.1 Å². The summed E-state index contributed by atoms with van der Waals surface area (Å²) >= 11 is 12.1. The van der Waals surface area contributed by atoms with Crippen molar-refractivity contribution in [3.63, 3.8) is 0 Å². The zero-order valence-corrected chi connectivity index (χ0v) is 13.8. The van der Waals surface area contributed by atoms with Gasteiger partial charge in [0.15, 0.2) is 0 Å². The minimum Gasteiger partial charge on any atom is -0.343 e. The van der Waals surface area contributed by atoms with Crippen LogP contribution >= 0.6 is 23.2 Å². The Morgan fingerprint density at radius 2 is 2.05 bits per heavy atom. The summed E-state index contributed by atoms with van der Waals surface area (Å²) in [4.78, 5) is 14.4. The van der Waals surface area contributed by atoms with Gasteiger partial charge >= 0.3 is 0 Å². The standard InChI is InChI=1S/C16H22Cl2N2O/c1-11-4-6-20(7-5-11)16(21)8-12(10-19)14-3-2-13(17)9-15(14)18/h2-3,9,11-12H,4-8,10,19H2,1H3. The Morgan fingerprint density at radius 3 is 2.62 bits per heavy atom. The second-order valence-corrected chi connectivity index (χ2v) is 6.71. The average molecular weight is 329 g/mol. The van der Waals surface area contributed by atoms with E-state index in [1.54, 1.807) is 12.1 Å². The highest BCUT2D eigenvalue weighted by molar-refractivity contribution is 6.35. The number of carbonyl (C=O) groups excluding carboxylic acids is 1. The van der Waals surface area contributed by atoms with Gasteiger partial charge in [0, 0.05) is 35.5 Å². The number of likely N-dealkylation sites (tertiary alicyclic amines) is 1. The molecule has 1 aliphatic heterocycles. The molecule has 0 aromatic heterocycles. The number of nitrogens with zero attached hydrogens (tertiary/aromatic N) is 1. The Kier molecular flexibility index (Phi) is 5.91. The van der Waals surface area contributed by atoms with Crippen LogP contribution in [0, 0.1) is 5.92 Å². The van der Waals surface area contributed by atoms with Gasteiger partial charge in [-0.1, -0.05) is 36.2 Å². The first-order valence-electron chi connectivity index (χ1n) is 7.44. The summed E-state index contributed by atoms with van der Waals surface area (Å²) in [6, 6.07) is 5.36. The molecule has 1 fully saturated rings. The van der Waals surface area contributed by atoms with Crippen molar-refractivity contribution in [2.24, 2.45) is 11.7 Å². The molecule has 2 N–H and O–H groups in total. The molecule has 2 rings (SSSR count). The van der Waals surface area contributed by atoms with Gasteiger partial charge in [-0.2, -0.15) is 0 Å². The average Bonchev–Trinajstić information content (AvgIpc) is 2.46. The van der Waals surface area contributed by atoms with E-state index in [0.29, 0.717) is 28.9 Å². The van der Waals surface area contributed by atoms with E-state index in [0.717, 1.165) is 31.5 Å². The van der Waals surface area contributed by atoms with E-state index in [2.05, 4.69) is 6.92 Å². The third-order valence-corrected chi connectivity index (χ3v) is 4.81. The molecule has 1 unspecified atom stereocenters. The lowest BCUT2D eigenvalue weighted by Crippen LogP contribution is -2.39. The Hall–Kier alpha value is -0.770. The van der Waals surface area contributed by atoms with Crippen LogP contribution in [0.2, 0.25) is 10.0 Å². The Morgan fingerprint density at radius 1 is 1.38 bits per heavy atom. The van der Waals surface area contributed by atoms with E-state index < -0.39 is 0 Å². The quantitative estimate of drug-likeness (QED) is 0.916. The molecule has 1 aromatic rings. The van der Waals surface area contributed by atoms with Crippen LogP contribution in [0.1, 0.15) is 37.7 Å². The number of piperidine rings is 1. The van der Waals surface area contributed by atoms with E-state index in [9.17, 15) is 4.79 Å². The number of hydrogen-bond acceptors (Lipinski definition) is 2. The van der Waals surface area contributed by atoms with Crippen molar-refractivity contribution >= 4 is 29.1 Å². The fourth-order valence-electron chi connectivity index (χ4n) is 2.75. The summed E-state index contributed by atoms with van der Waals surface area (Å²) < 4.78 is 0. The number of amides is 1. The molecule has 116 valence electrons. The third-order valence-electron chi connectivity index (χ3n) is 4.24. The van der Waals surface area contributed by atoms with Crippen molar-refractivity contribution in [1.82, 2.24) is 4.90 Å². The van der Waals surface area contributed by atoms with Crippen molar-refractivity contribution in [3.8, 4) is 0 Å². The van der Waals surface area contributed by atoms with E-state index in [-0.39, 0.29) is 11.8 Å². The summed E-state index contributed by atoms with van der Waals surface area (Å²) in [5, 5.41) is 1.17. The summed E-state index contributed by atoms with van der Waals surface area (Å²) in [5.74, 6) is 0.829. The maximum absolute atomic E-state index is 12.4. The predicted octanol–water partition coefficient (Wildman–Crippen LogP) is 3.68. The van der Waals surface area contributed by atoms with Crippen LogP contribution in [0.4, 0.5) is 0 Å². The lowest BCUT2D eigenvalue weighted by Gasteiger charge is -2.31. The van der Waals surface area contributed by atoms with Gasteiger partial charge in [-0.3, -0.25) is 4.79 Å². The van der Waals surface area contributed by atoms with Crippen molar-refractivity contribution in [2.75, 3.05) is 19.6 Å². The van der Waals surface area contributed by atoms with Crippen LogP contribution < -0.4 is 5.73 Å². The number of rotatable bonds is 4. The molecule has 1 aromatic carbocycles. The van der Waals surface area contributed by atoms with Crippen molar-refractivity contribution in [1.29, 1.82) is 0 Å². The molecule has 0 saturated carbocycles. The Bertz CT molecular complexity index is 499. The molecular weight excluding hydrogens is 307 g/mol. The van der Waals surface area contributed by atoms with Crippen LogP contribution in [0.15, 0.2) is 18.2 Å². The van der Waals surface area contributed by atoms with Crippen molar-refractivity contribution < 1.29 is 4.79 Å². The minimum absolute atomic E-state index is 0.0541. The molecule has 3 nitrogen and oxygen atoms in total. The highest BCUT2D eigenvalue weighted by Crippen LogP contribution is 2.30. The maximum atomic E-state index is 12.4. The van der Waals surface area contributed by atoms with E-state index in [1.165, 1.54) is 0 Å². The number of halogens is 2. The third kappa shape index (κ3) is 4.35. The van der Waals surface area contributed by atoms with Gasteiger partial charge in [-0.25, -0.2) is 0 Å². The number of benzene rings is 1. The smallest absolute Gasteiger partial charge is 0.223 e. The van der Waals surface area contributed by atoms with Gasteiger partial charge in [0.25, 0.3) is 0 Å². The van der Waals surface area contributed by atoms with Crippen LogP contribution in [0.3, 0.4) is 0 Å². The van der Waals surface area contributed by atoms with Crippen LogP contribution in [-0.4, -0.2) is 30.4 Å². The molecule has 21 heavy (non-hydrogen) atoms. The van der Waals surface area contributed by atoms with Gasteiger partial charge < -0.3 is 10.6 Å². The predicted molar refractivity (Wildman–Crippen MR) is 87.9 cm³/mol. The van der Waals surface area contributed by atoms with Gasteiger partial charge in [0.2, 0.25) is 5.91 Å². The fraction of sp³-hybridized carbons (Fsp3) is 0.562. The molecule has 1 aliphatic rings. The molecule has 0 bridgehead atoms. The normalized spacial score (nSPS) is 17.8. The van der Waals surface area contributed by atoms with Gasteiger partial charge in [0.1, 0.15) is 0 Å². The molecule has 0 spiro atoms. The molecule has 5 heteroatoms. The topological polar surface area (TPSA) is 46.3 Å². The molecule has 1 saturated heterocycles. The number of hydrogen-bond donors (Lipinski definition) is 1. The largest absolute Gasteiger partial charge is 0.343 e. The van der Waals surface area contributed by atoms with Crippen LogP contribution in [0.25, 0.3) is 0 Å². The zero-order valence-electron chi connectivity index (χ0n) is 12.3. The fourth-order valence-corrected chi connectivity index (χ4v) is 3.31. The second-order valence-electron chi connectivity index (χ2n) is 5.87. The van der Waals surface area contributed by atoms with Crippen LogP contribution in [-0.2, 0) is 4.79 Å². The highest BCUT2D eigenvalue weighted by Gasteiger charge is 2.24. The molecule has 1 heterocycles. The molecule has 1 atom stereocenters. The van der Waals surface area contributed by atoms with Crippen LogP contribution in [0.5, 0.6) is 0 Å². The first kappa shape index (κ1) is 16.6. The van der Waals surface area contributed by atoms with Gasteiger partial charge in [-0.05, 0) is 43.0 Å². The zero-order chi connectivity index (χ0) is 15.4. The molecular formula is C16H22Cl2N2O. The Balaban J connectivity index is 2.03. The van der Waals surface area contributed by atoms with E-state index in [1.807, 2.05) is 11.0 Å². The van der Waals surface area contributed by atoms with E-state index in [4.69, 9.17) is 28.9 Å². The maximum Gasteiger partial charge on any atom is 0.223 e. The lowest BCUT2D eigenvalue weighted by molar-refractivity contribution is -0.132. The van der Waals surface area contributed by atoms with Gasteiger partial charge in [-0.15, -0.1) is 0 Å². The van der Waals surface area contributed by atoms with Gasteiger partial charge in [0.05, 0.1) is 0 Å². The summed E-state index contributed by atoms with van der Waals surface area (Å²) in [6.45, 7) is 4.34. The number of carbonyl (C=O) groups is 1. The molecule has 0 aliphatic carbocycles. The first-order valence-corrected chi connectivity index (χ1v) is 8.19. The highest BCUT2D eigenvalue weighted by atomic mass is 35.5. The van der Waals surface area contributed by atoms with Crippen molar-refractivity contribution in [3.05, 3.63) is 33.8 Å². The summed E-state index contributed by atoms with van der Waals surface area (Å²) in [7, 11) is 0. The first-order chi connectivity index (χ1) is 10.0. The monoisotopic (exact) mass is 328 g/mol. The second kappa shape index (κ2) is 7.48. The lowest BCUT2D eigenvalue weighted by atomic mass is 9.93. The van der Waals surface area contributed by atoms with E-state index >= 15 is 0 Å². The Labute approximate surface area is 136 Å². The molecule has 0 radical (unpaired) electrons. The minimum atomic E-state index is -0.0541. The molecule has 1 amide bonds. The summed E-state index contributed by atoms with van der Waals surface area (Å²) in [6.07, 6.45) is 2.58. The number of nitrogens with two attached hydrogens (primary N) is 1.